The van der Waals surface area contributed by atoms with E-state index in [2.05, 4.69) is 5.32 Å². The molecule has 0 aromatic heterocycles. The number of nitrogens with zero attached hydrogens (tertiary/aromatic N) is 1. The van der Waals surface area contributed by atoms with Crippen LogP contribution < -0.4 is 5.32 Å². The second kappa shape index (κ2) is 6.29. The lowest BCUT2D eigenvalue weighted by Gasteiger charge is -2.23. The van der Waals surface area contributed by atoms with E-state index in [0.29, 0.717) is 5.56 Å². The topological polar surface area (TPSA) is 98.5 Å². The van der Waals surface area contributed by atoms with Crippen molar-refractivity contribution in [3.05, 3.63) is 68.7 Å². The van der Waals surface area contributed by atoms with Crippen molar-refractivity contribution < 1.29 is 19.2 Å². The van der Waals surface area contributed by atoms with E-state index in [1.807, 2.05) is 0 Å². The summed E-state index contributed by atoms with van der Waals surface area (Å²) in [5, 5.41) is 13.4. The van der Waals surface area contributed by atoms with Gasteiger partial charge >= 0.3 is 5.97 Å². The van der Waals surface area contributed by atoms with Gasteiger partial charge in [-0.3, -0.25) is 14.9 Å². The first-order valence-corrected chi connectivity index (χ1v) is 7.37. The number of hydrogen-bond donors (Lipinski definition) is 1. The highest BCUT2D eigenvalue weighted by molar-refractivity contribution is 6.32. The Morgan fingerprint density at radius 3 is 2.79 bits per heavy atom. The number of esters is 1. The van der Waals surface area contributed by atoms with Crippen molar-refractivity contribution in [2.75, 3.05) is 5.32 Å². The molecule has 0 spiro atoms. The van der Waals surface area contributed by atoms with Gasteiger partial charge in [0.15, 0.2) is 6.10 Å². The average molecular weight is 347 g/mol. The van der Waals surface area contributed by atoms with Crippen molar-refractivity contribution in [1.82, 2.24) is 0 Å². The molecule has 1 aliphatic heterocycles. The van der Waals surface area contributed by atoms with Crippen LogP contribution in [0.3, 0.4) is 0 Å². The first-order chi connectivity index (χ1) is 11.5. The molecule has 1 unspecified atom stereocenters. The predicted molar refractivity (Wildman–Crippen MR) is 86.1 cm³/mol. The molecule has 0 saturated carbocycles. The molecule has 0 saturated heterocycles. The normalized spacial score (nSPS) is 16.0. The second-order valence-corrected chi connectivity index (χ2v) is 5.57. The molecule has 0 aliphatic carbocycles. The molecule has 24 heavy (non-hydrogen) atoms. The van der Waals surface area contributed by atoms with Crippen LogP contribution in [0.25, 0.3) is 0 Å². The summed E-state index contributed by atoms with van der Waals surface area (Å²) in [6.07, 6.45) is -0.759. The van der Waals surface area contributed by atoms with E-state index < -0.39 is 22.9 Å². The van der Waals surface area contributed by atoms with E-state index in [0.717, 1.165) is 11.6 Å². The minimum atomic E-state index is -0.998. The highest BCUT2D eigenvalue weighted by Gasteiger charge is 2.31. The zero-order valence-electron chi connectivity index (χ0n) is 12.2. The maximum absolute atomic E-state index is 12.3. The molecule has 0 bridgehead atoms. The Morgan fingerprint density at radius 1 is 1.29 bits per heavy atom. The molecule has 2 aromatic carbocycles. The lowest BCUT2D eigenvalue weighted by molar-refractivity contribution is -0.384. The summed E-state index contributed by atoms with van der Waals surface area (Å²) >= 11 is 5.73. The number of ether oxygens (including phenoxy) is 1. The number of nitrogens with one attached hydrogen (secondary N) is 1. The van der Waals surface area contributed by atoms with Gasteiger partial charge in [0.25, 0.3) is 11.6 Å². The van der Waals surface area contributed by atoms with Crippen LogP contribution in [-0.4, -0.2) is 22.9 Å². The molecule has 3 rings (SSSR count). The van der Waals surface area contributed by atoms with Gasteiger partial charge in [0, 0.05) is 18.2 Å². The number of carbonyl (C=O) groups excluding carboxylic acids is 2. The van der Waals surface area contributed by atoms with Gasteiger partial charge < -0.3 is 10.1 Å². The van der Waals surface area contributed by atoms with E-state index >= 15 is 0 Å². The third-order valence-electron chi connectivity index (χ3n) is 3.59. The molecular weight excluding hydrogens is 336 g/mol. The molecule has 1 N–H and O–H groups in total. The van der Waals surface area contributed by atoms with Gasteiger partial charge in [-0.15, -0.1) is 0 Å². The Bertz CT molecular complexity index is 852. The third kappa shape index (κ3) is 3.07. The fourth-order valence-corrected chi connectivity index (χ4v) is 2.62. The third-order valence-corrected chi connectivity index (χ3v) is 3.91. The molecule has 0 fully saturated rings. The summed E-state index contributed by atoms with van der Waals surface area (Å²) < 4.78 is 5.14. The zero-order chi connectivity index (χ0) is 17.3. The van der Waals surface area contributed by atoms with Crippen molar-refractivity contribution in [3.8, 4) is 0 Å². The number of hydrogen-bond acceptors (Lipinski definition) is 5. The fraction of sp³-hybridized carbons (Fsp3) is 0.125. The minimum Gasteiger partial charge on any atom is -0.448 e. The largest absolute Gasteiger partial charge is 0.448 e. The molecule has 122 valence electrons. The second-order valence-electron chi connectivity index (χ2n) is 5.17. The first-order valence-electron chi connectivity index (χ1n) is 6.99. The number of benzene rings is 2. The monoisotopic (exact) mass is 346 g/mol. The first kappa shape index (κ1) is 15.9. The maximum atomic E-state index is 12.3. The number of fused-ring (bicyclic) bond motifs is 1. The predicted octanol–water partition coefficient (Wildman–Crippen LogP) is 2.97. The number of nitro benzene ring substituents is 1. The van der Waals surface area contributed by atoms with E-state index in [1.165, 1.54) is 12.1 Å². The van der Waals surface area contributed by atoms with Gasteiger partial charge in [0.2, 0.25) is 0 Å². The van der Waals surface area contributed by atoms with E-state index in [4.69, 9.17) is 16.3 Å². The molecular formula is C16H11ClN2O5. The molecule has 1 heterocycles. The van der Waals surface area contributed by atoms with Crippen molar-refractivity contribution in [2.24, 2.45) is 0 Å². The molecule has 1 atom stereocenters. The average Bonchev–Trinajstić information content (AvgIpc) is 2.56. The molecule has 1 amide bonds. The number of nitro groups is 1. The zero-order valence-corrected chi connectivity index (χ0v) is 12.9. The molecule has 0 radical (unpaired) electrons. The molecule has 8 heteroatoms. The number of halogens is 1. The summed E-state index contributed by atoms with van der Waals surface area (Å²) in [6.45, 7) is 0. The lowest BCUT2D eigenvalue weighted by Crippen LogP contribution is -2.37. The lowest BCUT2D eigenvalue weighted by atomic mass is 9.98. The van der Waals surface area contributed by atoms with Crippen LogP contribution in [0.5, 0.6) is 0 Å². The number of cyclic esters (lactones) is 1. The number of anilines is 1. The van der Waals surface area contributed by atoms with Crippen LogP contribution >= 0.6 is 11.6 Å². The smallest absolute Gasteiger partial charge is 0.339 e. The number of amides is 1. The Kier molecular flexibility index (Phi) is 4.18. The Balaban J connectivity index is 1.78. The fourth-order valence-electron chi connectivity index (χ4n) is 2.43. The van der Waals surface area contributed by atoms with E-state index in [9.17, 15) is 19.7 Å². The number of carbonyl (C=O) groups is 2. The van der Waals surface area contributed by atoms with Crippen LogP contribution in [0.2, 0.25) is 5.02 Å². The van der Waals surface area contributed by atoms with Gasteiger partial charge in [-0.2, -0.15) is 0 Å². The van der Waals surface area contributed by atoms with Crippen LogP contribution in [0, 0.1) is 10.1 Å². The Morgan fingerprint density at radius 2 is 2.04 bits per heavy atom. The summed E-state index contributed by atoms with van der Waals surface area (Å²) in [5.74, 6) is -1.13. The van der Waals surface area contributed by atoms with Gasteiger partial charge in [-0.1, -0.05) is 29.8 Å². The maximum Gasteiger partial charge on any atom is 0.339 e. The van der Waals surface area contributed by atoms with Gasteiger partial charge in [-0.05, 0) is 23.8 Å². The highest BCUT2D eigenvalue weighted by atomic mass is 35.5. The van der Waals surface area contributed by atoms with Gasteiger partial charge in [0.1, 0.15) is 5.02 Å². The summed E-state index contributed by atoms with van der Waals surface area (Å²) in [4.78, 5) is 34.5. The van der Waals surface area contributed by atoms with Crippen molar-refractivity contribution in [1.29, 1.82) is 0 Å². The van der Waals surface area contributed by atoms with E-state index in [1.54, 1.807) is 24.3 Å². The van der Waals surface area contributed by atoms with E-state index in [-0.39, 0.29) is 22.8 Å². The summed E-state index contributed by atoms with van der Waals surface area (Å²) in [6, 6.07) is 10.8. The number of rotatable bonds is 3. The van der Waals surface area contributed by atoms with Crippen LogP contribution in [-0.2, 0) is 16.0 Å². The molecule has 2 aromatic rings. The van der Waals surface area contributed by atoms with Gasteiger partial charge in [0.05, 0.1) is 10.5 Å². The Hall–Kier alpha value is -2.93. The molecule has 1 aliphatic rings. The highest BCUT2D eigenvalue weighted by Crippen LogP contribution is 2.28. The summed E-state index contributed by atoms with van der Waals surface area (Å²) in [7, 11) is 0. The van der Waals surface area contributed by atoms with Crippen LogP contribution in [0.15, 0.2) is 42.5 Å². The quantitative estimate of drug-likeness (QED) is 0.523. The van der Waals surface area contributed by atoms with Gasteiger partial charge in [-0.25, -0.2) is 4.79 Å². The van der Waals surface area contributed by atoms with Crippen molar-refractivity contribution >= 4 is 34.9 Å². The minimum absolute atomic E-state index is 0.0315. The van der Waals surface area contributed by atoms with Crippen LogP contribution in [0.1, 0.15) is 15.9 Å². The van der Waals surface area contributed by atoms with Crippen molar-refractivity contribution in [3.63, 3.8) is 0 Å². The summed E-state index contributed by atoms with van der Waals surface area (Å²) in [5.41, 5.74) is 1.03. The SMILES string of the molecule is O=C1OC(C(=O)Nc2ccc(Cl)c([N+](=O)[O-])c2)Cc2ccccc21. The standard InChI is InChI=1S/C16H11ClN2O5/c17-12-6-5-10(8-13(12)19(22)23)18-15(20)14-7-9-3-1-2-4-11(9)16(21)24-14/h1-6,8,14H,7H2,(H,18,20). The van der Waals surface area contributed by atoms with Crippen molar-refractivity contribution in [2.45, 2.75) is 12.5 Å². The Labute approximate surface area is 141 Å². The molecule has 7 nitrogen and oxygen atoms in total. The van der Waals surface area contributed by atoms with Crippen LogP contribution in [0.4, 0.5) is 11.4 Å².